The first kappa shape index (κ1) is 14.7. The van der Waals surface area contributed by atoms with E-state index < -0.39 is 5.41 Å². The molecule has 3 fully saturated rings. The van der Waals surface area contributed by atoms with Crippen molar-refractivity contribution in [2.45, 2.75) is 64.3 Å². The fraction of sp³-hybridized carbons (Fsp3) is 0.875. The number of hydrogen-bond donors (Lipinski definition) is 3. The van der Waals surface area contributed by atoms with Gasteiger partial charge in [-0.15, -0.1) is 0 Å². The van der Waals surface area contributed by atoms with Crippen molar-refractivity contribution in [3.8, 4) is 0 Å². The molecule has 0 radical (unpaired) electrons. The topological polar surface area (TPSA) is 87.7 Å². The van der Waals surface area contributed by atoms with Crippen molar-refractivity contribution in [3.05, 3.63) is 0 Å². The predicted octanol–water partition coefficient (Wildman–Crippen LogP) is 2.23. The van der Waals surface area contributed by atoms with Gasteiger partial charge < -0.3 is 16.3 Å². The monoisotopic (exact) mass is 293 g/mol. The number of nitrogens with two attached hydrogens (primary N) is 1. The van der Waals surface area contributed by atoms with Crippen LogP contribution in [0.2, 0.25) is 0 Å². The summed E-state index contributed by atoms with van der Waals surface area (Å²) in [5, 5.41) is 15.4. The van der Waals surface area contributed by atoms with Crippen molar-refractivity contribution in [3.63, 3.8) is 0 Å². The van der Waals surface area contributed by atoms with Gasteiger partial charge in [0, 0.05) is 6.04 Å². The lowest BCUT2D eigenvalue weighted by Gasteiger charge is -2.33. The van der Waals surface area contributed by atoms with E-state index in [1.165, 1.54) is 25.7 Å². The van der Waals surface area contributed by atoms with E-state index >= 15 is 0 Å². The molecule has 3 saturated carbocycles. The second-order valence-electron chi connectivity index (χ2n) is 7.38. The van der Waals surface area contributed by atoms with Gasteiger partial charge in [-0.2, -0.15) is 0 Å². The minimum absolute atomic E-state index is 0.0365. The van der Waals surface area contributed by atoms with Crippen LogP contribution < -0.4 is 11.1 Å². The molecule has 2 bridgehead atoms. The van der Waals surface area contributed by atoms with E-state index in [-0.39, 0.29) is 17.8 Å². The van der Waals surface area contributed by atoms with Gasteiger partial charge in [0.1, 0.15) is 5.41 Å². The number of rotatable bonds is 4. The lowest BCUT2D eigenvalue weighted by Crippen LogP contribution is -2.52. The molecule has 0 spiro atoms. The number of fused-ring (bicyclic) bond motifs is 2. The summed E-state index contributed by atoms with van der Waals surface area (Å²) in [6.07, 6.45) is 8.60. The minimum atomic E-state index is -0.777. The Morgan fingerprint density at radius 1 is 1.33 bits per heavy atom. The number of carbonyl (C=O) groups is 1. The van der Waals surface area contributed by atoms with Crippen LogP contribution in [-0.4, -0.2) is 23.0 Å². The maximum absolute atomic E-state index is 12.8. The third-order valence-corrected chi connectivity index (χ3v) is 6.28. The van der Waals surface area contributed by atoms with E-state index in [0.717, 1.165) is 24.7 Å². The van der Waals surface area contributed by atoms with Gasteiger partial charge in [0.05, 0.1) is 0 Å². The summed E-state index contributed by atoms with van der Waals surface area (Å²) < 4.78 is 0. The van der Waals surface area contributed by atoms with Gasteiger partial charge >= 0.3 is 0 Å². The van der Waals surface area contributed by atoms with Crippen molar-refractivity contribution >= 4 is 11.7 Å². The summed E-state index contributed by atoms with van der Waals surface area (Å²) >= 11 is 0. The second kappa shape index (κ2) is 5.50. The van der Waals surface area contributed by atoms with E-state index in [0.29, 0.717) is 18.8 Å². The molecule has 21 heavy (non-hydrogen) atoms. The number of amides is 1. The fourth-order valence-corrected chi connectivity index (χ4v) is 5.03. The Morgan fingerprint density at radius 3 is 2.57 bits per heavy atom. The van der Waals surface area contributed by atoms with Crippen LogP contribution >= 0.6 is 0 Å². The molecular formula is C16H27N3O2. The van der Waals surface area contributed by atoms with Crippen LogP contribution in [0.25, 0.3) is 0 Å². The summed E-state index contributed by atoms with van der Waals surface area (Å²) in [5.41, 5.74) is 5.07. The molecule has 0 aromatic rings. The predicted molar refractivity (Wildman–Crippen MR) is 80.9 cm³/mol. The highest BCUT2D eigenvalue weighted by Crippen LogP contribution is 2.49. The van der Waals surface area contributed by atoms with Gasteiger partial charge in [-0.25, -0.2) is 0 Å². The van der Waals surface area contributed by atoms with Crippen LogP contribution in [0.4, 0.5) is 0 Å². The van der Waals surface area contributed by atoms with Crippen LogP contribution in [0, 0.1) is 23.2 Å². The first-order chi connectivity index (χ1) is 10.1. The molecule has 5 nitrogen and oxygen atoms in total. The Bertz CT molecular complexity index is 443. The molecule has 0 saturated heterocycles. The Hall–Kier alpha value is -1.26. The standard InChI is InChI=1S/C16H27N3O2/c1-10(13-9-11-4-5-12(13)8-11)18-15(20)16(14(17)19-21)6-2-3-7-16/h10-13,21H,2-9H2,1H3,(H2,17,19)(H,18,20). The summed E-state index contributed by atoms with van der Waals surface area (Å²) in [7, 11) is 0. The Morgan fingerprint density at radius 2 is 2.05 bits per heavy atom. The van der Waals surface area contributed by atoms with Gasteiger partial charge in [0.25, 0.3) is 0 Å². The SMILES string of the molecule is CC(NC(=O)C1(C(N)=NO)CCCC1)C1CC2CCC1C2. The van der Waals surface area contributed by atoms with Crippen LogP contribution in [0.5, 0.6) is 0 Å². The average molecular weight is 293 g/mol. The largest absolute Gasteiger partial charge is 0.409 e. The highest BCUT2D eigenvalue weighted by Gasteiger charge is 2.47. The zero-order valence-electron chi connectivity index (χ0n) is 12.8. The summed E-state index contributed by atoms with van der Waals surface area (Å²) in [6.45, 7) is 2.12. The van der Waals surface area contributed by atoms with Gasteiger partial charge in [0.15, 0.2) is 5.84 Å². The molecule has 3 aliphatic carbocycles. The van der Waals surface area contributed by atoms with Crippen LogP contribution in [0.1, 0.15) is 58.3 Å². The third kappa shape index (κ3) is 2.40. The first-order valence-corrected chi connectivity index (χ1v) is 8.36. The highest BCUT2D eigenvalue weighted by atomic mass is 16.4. The number of oxime groups is 1. The van der Waals surface area contributed by atoms with E-state index in [4.69, 9.17) is 10.9 Å². The average Bonchev–Trinajstić information content (AvgIpc) is 3.21. The van der Waals surface area contributed by atoms with Crippen molar-refractivity contribution in [1.29, 1.82) is 0 Å². The van der Waals surface area contributed by atoms with Gasteiger partial charge in [-0.1, -0.05) is 24.4 Å². The summed E-state index contributed by atoms with van der Waals surface area (Å²) in [5.74, 6) is 2.32. The normalized spacial score (nSPS) is 35.9. The van der Waals surface area contributed by atoms with Gasteiger partial charge in [0.2, 0.25) is 5.91 Å². The van der Waals surface area contributed by atoms with Crippen LogP contribution in [0.15, 0.2) is 5.16 Å². The second-order valence-corrected chi connectivity index (χ2v) is 7.38. The van der Waals surface area contributed by atoms with E-state index in [2.05, 4.69) is 17.4 Å². The molecule has 0 aromatic carbocycles. The molecule has 0 aliphatic heterocycles. The van der Waals surface area contributed by atoms with Crippen molar-refractivity contribution in [2.24, 2.45) is 34.1 Å². The Balaban J connectivity index is 1.67. The molecule has 4 N–H and O–H groups in total. The van der Waals surface area contributed by atoms with Gasteiger partial charge in [-0.05, 0) is 56.8 Å². The highest BCUT2D eigenvalue weighted by molar-refractivity contribution is 6.07. The quantitative estimate of drug-likeness (QED) is 0.321. The maximum atomic E-state index is 12.8. The Labute approximate surface area is 126 Å². The van der Waals surface area contributed by atoms with E-state index in [1.54, 1.807) is 0 Å². The molecule has 4 atom stereocenters. The lowest BCUT2D eigenvalue weighted by molar-refractivity contribution is -0.128. The number of nitrogens with zero attached hydrogens (tertiary/aromatic N) is 1. The van der Waals surface area contributed by atoms with Crippen LogP contribution in [-0.2, 0) is 4.79 Å². The molecule has 3 rings (SSSR count). The molecule has 118 valence electrons. The number of nitrogens with one attached hydrogen (secondary N) is 1. The van der Waals surface area contributed by atoms with Crippen molar-refractivity contribution in [1.82, 2.24) is 5.32 Å². The molecule has 0 heterocycles. The molecule has 4 unspecified atom stereocenters. The minimum Gasteiger partial charge on any atom is -0.409 e. The zero-order valence-corrected chi connectivity index (χ0v) is 12.8. The molecule has 5 heteroatoms. The third-order valence-electron chi connectivity index (χ3n) is 6.28. The molecule has 1 amide bonds. The molecule has 0 aromatic heterocycles. The number of amidine groups is 1. The zero-order chi connectivity index (χ0) is 15.0. The number of carbonyl (C=O) groups excluding carboxylic acids is 1. The molecular weight excluding hydrogens is 266 g/mol. The van der Waals surface area contributed by atoms with Crippen LogP contribution in [0.3, 0.4) is 0 Å². The Kier molecular flexibility index (Phi) is 3.84. The summed E-state index contributed by atoms with van der Waals surface area (Å²) in [6, 6.07) is 0.191. The first-order valence-electron chi connectivity index (χ1n) is 8.36. The summed E-state index contributed by atoms with van der Waals surface area (Å²) in [4.78, 5) is 12.8. The molecule has 3 aliphatic rings. The van der Waals surface area contributed by atoms with Crippen molar-refractivity contribution < 1.29 is 10.0 Å². The number of hydrogen-bond acceptors (Lipinski definition) is 3. The van der Waals surface area contributed by atoms with E-state index in [1.807, 2.05) is 0 Å². The maximum Gasteiger partial charge on any atom is 0.234 e. The smallest absolute Gasteiger partial charge is 0.234 e. The van der Waals surface area contributed by atoms with Gasteiger partial charge in [-0.3, -0.25) is 4.79 Å². The lowest BCUT2D eigenvalue weighted by atomic mass is 9.81. The van der Waals surface area contributed by atoms with Crippen molar-refractivity contribution in [2.75, 3.05) is 0 Å². The van der Waals surface area contributed by atoms with E-state index in [9.17, 15) is 4.79 Å². The fourth-order valence-electron chi connectivity index (χ4n) is 5.03.